The fourth-order valence-corrected chi connectivity index (χ4v) is 3.55. The highest BCUT2D eigenvalue weighted by atomic mass is 32.2. The Morgan fingerprint density at radius 2 is 1.83 bits per heavy atom. The number of nitrogens with one attached hydrogen (secondary N) is 1. The summed E-state index contributed by atoms with van der Waals surface area (Å²) >= 11 is 0. The number of sulfonamides is 1. The standard InChI is InChI=1S/C13H22N2O2S/c1-11(13-6-4-3-5-7-13)10-18(16,17)15-12(2)8-9-14/h3-7,11-12,15H,8-10,14H2,1-2H3. The Balaban J connectivity index is 2.60. The molecular weight excluding hydrogens is 248 g/mol. The molecule has 0 heterocycles. The minimum Gasteiger partial charge on any atom is -0.330 e. The number of nitrogens with two attached hydrogens (primary N) is 1. The Morgan fingerprint density at radius 1 is 1.22 bits per heavy atom. The van der Waals surface area contributed by atoms with Crippen LogP contribution in [0.15, 0.2) is 30.3 Å². The maximum absolute atomic E-state index is 11.9. The second-order valence-electron chi connectivity index (χ2n) is 4.69. The van der Waals surface area contributed by atoms with Crippen molar-refractivity contribution in [2.24, 2.45) is 5.73 Å². The quantitative estimate of drug-likeness (QED) is 0.787. The Kier molecular flexibility index (Phi) is 5.78. The van der Waals surface area contributed by atoms with E-state index in [1.165, 1.54) is 0 Å². The molecule has 18 heavy (non-hydrogen) atoms. The number of hydrogen-bond donors (Lipinski definition) is 2. The summed E-state index contributed by atoms with van der Waals surface area (Å²) in [6, 6.07) is 9.55. The molecule has 1 aromatic carbocycles. The van der Waals surface area contributed by atoms with Crippen LogP contribution in [0.2, 0.25) is 0 Å². The fraction of sp³-hybridized carbons (Fsp3) is 0.538. The highest BCUT2D eigenvalue weighted by Gasteiger charge is 2.18. The Bertz CT molecular complexity index is 445. The summed E-state index contributed by atoms with van der Waals surface area (Å²) in [5.41, 5.74) is 6.44. The van der Waals surface area contributed by atoms with Gasteiger partial charge in [0.05, 0.1) is 5.75 Å². The van der Waals surface area contributed by atoms with E-state index < -0.39 is 10.0 Å². The molecule has 0 amide bonds. The molecular formula is C13H22N2O2S. The lowest BCUT2D eigenvalue weighted by Gasteiger charge is -2.16. The predicted octanol–water partition coefficient (Wildman–Crippen LogP) is 1.45. The Hall–Kier alpha value is -0.910. The molecule has 0 aliphatic heterocycles. The minimum absolute atomic E-state index is 0.0197. The van der Waals surface area contributed by atoms with Gasteiger partial charge in [-0.25, -0.2) is 13.1 Å². The molecule has 102 valence electrons. The second-order valence-corrected chi connectivity index (χ2v) is 6.49. The molecule has 0 aliphatic rings. The molecule has 1 aromatic rings. The highest BCUT2D eigenvalue weighted by molar-refractivity contribution is 7.89. The second kappa shape index (κ2) is 6.87. The van der Waals surface area contributed by atoms with Crippen LogP contribution in [0, 0.1) is 0 Å². The van der Waals surface area contributed by atoms with E-state index in [4.69, 9.17) is 5.73 Å². The zero-order valence-corrected chi connectivity index (χ0v) is 11.8. The van der Waals surface area contributed by atoms with Crippen LogP contribution in [-0.2, 0) is 10.0 Å². The van der Waals surface area contributed by atoms with Gasteiger partial charge in [-0.1, -0.05) is 37.3 Å². The van der Waals surface area contributed by atoms with Gasteiger partial charge in [-0.3, -0.25) is 0 Å². The lowest BCUT2D eigenvalue weighted by Crippen LogP contribution is -2.36. The van der Waals surface area contributed by atoms with Crippen LogP contribution >= 0.6 is 0 Å². The van der Waals surface area contributed by atoms with E-state index in [1.54, 1.807) is 0 Å². The van der Waals surface area contributed by atoms with Crippen molar-refractivity contribution < 1.29 is 8.42 Å². The summed E-state index contributed by atoms with van der Waals surface area (Å²) < 4.78 is 26.5. The van der Waals surface area contributed by atoms with Crippen molar-refractivity contribution >= 4 is 10.0 Å². The van der Waals surface area contributed by atoms with E-state index in [0.717, 1.165) is 5.56 Å². The topological polar surface area (TPSA) is 72.2 Å². The molecule has 1 rings (SSSR count). The van der Waals surface area contributed by atoms with Crippen LogP contribution in [0.1, 0.15) is 31.7 Å². The Labute approximate surface area is 110 Å². The summed E-state index contributed by atoms with van der Waals surface area (Å²) in [6.45, 7) is 4.23. The smallest absolute Gasteiger partial charge is 0.212 e. The predicted molar refractivity (Wildman–Crippen MR) is 74.9 cm³/mol. The van der Waals surface area contributed by atoms with Crippen molar-refractivity contribution in [1.29, 1.82) is 0 Å². The molecule has 0 aliphatic carbocycles. The first-order valence-electron chi connectivity index (χ1n) is 6.19. The molecule has 2 atom stereocenters. The highest BCUT2D eigenvalue weighted by Crippen LogP contribution is 2.16. The molecule has 0 saturated heterocycles. The lowest BCUT2D eigenvalue weighted by molar-refractivity contribution is 0.545. The number of rotatable bonds is 7. The summed E-state index contributed by atoms with van der Waals surface area (Å²) in [6.07, 6.45) is 0.652. The first-order valence-corrected chi connectivity index (χ1v) is 7.85. The van der Waals surface area contributed by atoms with E-state index in [-0.39, 0.29) is 17.7 Å². The van der Waals surface area contributed by atoms with Crippen LogP contribution in [0.4, 0.5) is 0 Å². The van der Waals surface area contributed by atoms with Gasteiger partial charge in [0.25, 0.3) is 0 Å². The average Bonchev–Trinajstić information content (AvgIpc) is 2.29. The first-order chi connectivity index (χ1) is 8.44. The first kappa shape index (κ1) is 15.1. The van der Waals surface area contributed by atoms with Crippen molar-refractivity contribution in [3.05, 3.63) is 35.9 Å². The Morgan fingerprint density at radius 3 is 2.39 bits per heavy atom. The zero-order chi connectivity index (χ0) is 13.6. The molecule has 5 heteroatoms. The van der Waals surface area contributed by atoms with Crippen LogP contribution in [0.3, 0.4) is 0 Å². The van der Waals surface area contributed by atoms with Gasteiger partial charge in [-0.05, 0) is 31.4 Å². The van der Waals surface area contributed by atoms with Crippen molar-refractivity contribution in [3.63, 3.8) is 0 Å². The van der Waals surface area contributed by atoms with E-state index in [0.29, 0.717) is 13.0 Å². The van der Waals surface area contributed by atoms with E-state index in [2.05, 4.69) is 4.72 Å². The monoisotopic (exact) mass is 270 g/mol. The third-order valence-corrected chi connectivity index (χ3v) is 4.52. The number of hydrogen-bond acceptors (Lipinski definition) is 3. The van der Waals surface area contributed by atoms with Crippen molar-refractivity contribution in [1.82, 2.24) is 4.72 Å². The molecule has 3 N–H and O–H groups in total. The van der Waals surface area contributed by atoms with Gasteiger partial charge in [0.15, 0.2) is 0 Å². The fourth-order valence-electron chi connectivity index (χ4n) is 1.87. The van der Waals surface area contributed by atoms with Gasteiger partial charge in [0.2, 0.25) is 10.0 Å². The third kappa shape index (κ3) is 5.16. The largest absolute Gasteiger partial charge is 0.330 e. The third-order valence-electron chi connectivity index (χ3n) is 2.82. The molecule has 2 unspecified atom stereocenters. The molecule has 0 fully saturated rings. The van der Waals surface area contributed by atoms with Crippen LogP contribution in [0.25, 0.3) is 0 Å². The molecule has 0 radical (unpaired) electrons. The van der Waals surface area contributed by atoms with Crippen molar-refractivity contribution in [2.75, 3.05) is 12.3 Å². The molecule has 0 bridgehead atoms. The maximum Gasteiger partial charge on any atom is 0.212 e. The minimum atomic E-state index is -3.26. The van der Waals surface area contributed by atoms with E-state index in [9.17, 15) is 8.42 Å². The lowest BCUT2D eigenvalue weighted by atomic mass is 10.0. The summed E-state index contributed by atoms with van der Waals surface area (Å²) in [7, 11) is -3.26. The summed E-state index contributed by atoms with van der Waals surface area (Å²) in [5.74, 6) is 0.0834. The normalized spacial score (nSPS) is 15.3. The van der Waals surface area contributed by atoms with Gasteiger partial charge in [0.1, 0.15) is 0 Å². The average molecular weight is 270 g/mol. The molecule has 0 saturated carbocycles. The number of benzene rings is 1. The maximum atomic E-state index is 11.9. The van der Waals surface area contributed by atoms with Crippen molar-refractivity contribution in [2.45, 2.75) is 32.2 Å². The van der Waals surface area contributed by atoms with E-state index in [1.807, 2.05) is 44.2 Å². The van der Waals surface area contributed by atoms with Gasteiger partial charge in [0, 0.05) is 6.04 Å². The van der Waals surface area contributed by atoms with Crippen LogP contribution < -0.4 is 10.5 Å². The zero-order valence-electron chi connectivity index (χ0n) is 11.0. The SMILES string of the molecule is CC(CCN)NS(=O)(=O)CC(C)c1ccccc1. The van der Waals surface area contributed by atoms with Gasteiger partial charge < -0.3 is 5.73 Å². The van der Waals surface area contributed by atoms with Gasteiger partial charge >= 0.3 is 0 Å². The van der Waals surface area contributed by atoms with Gasteiger partial charge in [-0.15, -0.1) is 0 Å². The van der Waals surface area contributed by atoms with Crippen molar-refractivity contribution in [3.8, 4) is 0 Å². The molecule has 0 spiro atoms. The van der Waals surface area contributed by atoms with Crippen LogP contribution in [0.5, 0.6) is 0 Å². The summed E-state index contributed by atoms with van der Waals surface area (Å²) in [4.78, 5) is 0. The molecule has 0 aromatic heterocycles. The molecule has 4 nitrogen and oxygen atoms in total. The van der Waals surface area contributed by atoms with Gasteiger partial charge in [-0.2, -0.15) is 0 Å². The van der Waals surface area contributed by atoms with E-state index >= 15 is 0 Å². The summed E-state index contributed by atoms with van der Waals surface area (Å²) in [5, 5.41) is 0. The van der Waals surface area contributed by atoms with Crippen LogP contribution in [-0.4, -0.2) is 26.8 Å².